The second-order valence-corrected chi connectivity index (χ2v) is 8.48. The largest absolute Gasteiger partial charge is 0.338 e. The number of nitrogens with zero attached hydrogens (tertiary/aromatic N) is 4. The number of thioether (sulfide) groups is 1. The maximum atomic E-state index is 12.6. The van der Waals surface area contributed by atoms with E-state index in [1.54, 1.807) is 16.4 Å². The zero-order valence-corrected chi connectivity index (χ0v) is 15.1. The second-order valence-electron chi connectivity index (χ2n) is 5.54. The lowest BCUT2D eigenvalue weighted by Gasteiger charge is -2.25. The van der Waals surface area contributed by atoms with Crippen molar-refractivity contribution in [3.05, 3.63) is 30.0 Å². The fraction of sp³-hybridized carbons (Fsp3) is 0.533. The van der Waals surface area contributed by atoms with Crippen molar-refractivity contribution in [2.45, 2.75) is 48.3 Å². The Hall–Kier alpha value is -1.45. The monoisotopic (exact) mass is 368 g/mol. The van der Waals surface area contributed by atoms with E-state index in [2.05, 4.69) is 15.1 Å². The van der Waals surface area contributed by atoms with Crippen LogP contribution in [0.5, 0.6) is 0 Å². The minimum absolute atomic E-state index is 0.250. The van der Waals surface area contributed by atoms with Gasteiger partial charge in [0.1, 0.15) is 4.90 Å². The lowest BCUT2D eigenvalue weighted by Crippen LogP contribution is -2.35. The minimum atomic E-state index is -3.43. The summed E-state index contributed by atoms with van der Waals surface area (Å²) in [6.07, 6.45) is 5.09. The summed E-state index contributed by atoms with van der Waals surface area (Å²) in [7, 11) is -3.43. The Balaban J connectivity index is 1.64. The molecule has 7 nitrogen and oxygen atoms in total. The van der Waals surface area contributed by atoms with E-state index in [9.17, 15) is 8.42 Å². The summed E-state index contributed by atoms with van der Waals surface area (Å²) in [4.78, 5) is 8.73. The smallest absolute Gasteiger partial charge is 0.244 e. The van der Waals surface area contributed by atoms with Gasteiger partial charge in [0.15, 0.2) is 5.82 Å². The molecular formula is C15H20N4O3S2. The highest BCUT2D eigenvalue weighted by Gasteiger charge is 2.26. The SMILES string of the molecule is CCc1noc(CSc2ccc(S(=O)(=O)N3CCCCC3)cn2)n1. The average Bonchev–Trinajstić information content (AvgIpc) is 3.09. The molecular weight excluding hydrogens is 348 g/mol. The molecule has 3 rings (SSSR count). The Kier molecular flexibility index (Phi) is 5.52. The number of hydrogen-bond donors (Lipinski definition) is 0. The average molecular weight is 368 g/mol. The van der Waals surface area contributed by atoms with E-state index < -0.39 is 10.0 Å². The zero-order chi connectivity index (χ0) is 17.0. The van der Waals surface area contributed by atoms with Gasteiger partial charge < -0.3 is 4.52 Å². The molecule has 1 aliphatic heterocycles. The van der Waals surface area contributed by atoms with Crippen LogP contribution in [0.25, 0.3) is 0 Å². The third-order valence-corrected chi connectivity index (χ3v) is 6.64. The molecule has 2 aromatic heterocycles. The normalized spacial score (nSPS) is 16.4. The molecule has 0 aromatic carbocycles. The Morgan fingerprint density at radius 1 is 1.25 bits per heavy atom. The molecule has 0 saturated carbocycles. The Labute approximate surface area is 145 Å². The Morgan fingerprint density at radius 2 is 2.04 bits per heavy atom. The van der Waals surface area contributed by atoms with Gasteiger partial charge in [0.05, 0.1) is 10.8 Å². The lowest BCUT2D eigenvalue weighted by molar-refractivity contribution is 0.346. The Morgan fingerprint density at radius 3 is 2.67 bits per heavy atom. The number of piperidine rings is 1. The van der Waals surface area contributed by atoms with Crippen LogP contribution < -0.4 is 0 Å². The second kappa shape index (κ2) is 7.62. The van der Waals surface area contributed by atoms with Gasteiger partial charge in [-0.15, -0.1) is 0 Å². The van der Waals surface area contributed by atoms with E-state index in [-0.39, 0.29) is 4.90 Å². The molecule has 0 radical (unpaired) electrons. The molecule has 0 amide bonds. The predicted octanol–water partition coefficient (Wildman–Crippen LogP) is 2.49. The molecule has 130 valence electrons. The van der Waals surface area contributed by atoms with Crippen LogP contribution in [0.2, 0.25) is 0 Å². The fourth-order valence-corrected chi connectivity index (χ4v) is 4.63. The maximum Gasteiger partial charge on any atom is 0.244 e. The van der Waals surface area contributed by atoms with Crippen LogP contribution >= 0.6 is 11.8 Å². The maximum absolute atomic E-state index is 12.6. The summed E-state index contributed by atoms with van der Waals surface area (Å²) in [5.74, 6) is 1.74. The van der Waals surface area contributed by atoms with Crippen molar-refractivity contribution in [3.8, 4) is 0 Å². The molecule has 0 aliphatic carbocycles. The first-order valence-corrected chi connectivity index (χ1v) is 10.4. The van der Waals surface area contributed by atoms with Crippen LogP contribution in [-0.4, -0.2) is 40.9 Å². The molecule has 3 heterocycles. The number of sulfonamides is 1. The first-order chi connectivity index (χ1) is 11.6. The fourth-order valence-electron chi connectivity index (χ4n) is 2.49. The molecule has 1 fully saturated rings. The van der Waals surface area contributed by atoms with E-state index in [0.29, 0.717) is 30.6 Å². The van der Waals surface area contributed by atoms with Gasteiger partial charge in [-0.2, -0.15) is 9.29 Å². The van der Waals surface area contributed by atoms with Crippen molar-refractivity contribution in [2.24, 2.45) is 0 Å². The van der Waals surface area contributed by atoms with Gasteiger partial charge in [0.25, 0.3) is 0 Å². The molecule has 1 aliphatic rings. The predicted molar refractivity (Wildman–Crippen MR) is 90.1 cm³/mol. The summed E-state index contributed by atoms with van der Waals surface area (Å²) in [6.45, 7) is 3.15. The van der Waals surface area contributed by atoms with Crippen LogP contribution in [0.3, 0.4) is 0 Å². The minimum Gasteiger partial charge on any atom is -0.338 e. The number of aromatic nitrogens is 3. The van der Waals surface area contributed by atoms with Crippen molar-refractivity contribution in [3.63, 3.8) is 0 Å². The van der Waals surface area contributed by atoms with E-state index in [1.165, 1.54) is 18.0 Å². The van der Waals surface area contributed by atoms with Gasteiger partial charge in [-0.25, -0.2) is 13.4 Å². The highest BCUT2D eigenvalue weighted by atomic mass is 32.2. The summed E-state index contributed by atoms with van der Waals surface area (Å²) >= 11 is 1.44. The molecule has 9 heteroatoms. The van der Waals surface area contributed by atoms with Crippen molar-refractivity contribution in [1.29, 1.82) is 0 Å². The molecule has 24 heavy (non-hydrogen) atoms. The highest BCUT2D eigenvalue weighted by Crippen LogP contribution is 2.24. The number of aryl methyl sites for hydroxylation is 1. The van der Waals surface area contributed by atoms with Crippen LogP contribution in [0, 0.1) is 0 Å². The quantitative estimate of drug-likeness (QED) is 0.724. The number of hydrogen-bond acceptors (Lipinski definition) is 7. The van der Waals surface area contributed by atoms with Crippen LogP contribution in [0.15, 0.2) is 32.8 Å². The third-order valence-electron chi connectivity index (χ3n) is 3.83. The molecule has 0 N–H and O–H groups in total. The first-order valence-electron chi connectivity index (χ1n) is 8.00. The van der Waals surface area contributed by atoms with Crippen LogP contribution in [0.1, 0.15) is 37.9 Å². The summed E-state index contributed by atoms with van der Waals surface area (Å²) in [6, 6.07) is 3.34. The molecule has 0 spiro atoms. The Bertz CT molecular complexity index is 768. The molecule has 0 bridgehead atoms. The van der Waals surface area contributed by atoms with E-state index >= 15 is 0 Å². The van der Waals surface area contributed by atoms with Crippen molar-refractivity contribution < 1.29 is 12.9 Å². The van der Waals surface area contributed by atoms with Crippen molar-refractivity contribution >= 4 is 21.8 Å². The van der Waals surface area contributed by atoms with Gasteiger partial charge >= 0.3 is 0 Å². The number of pyridine rings is 1. The van der Waals surface area contributed by atoms with E-state index in [4.69, 9.17) is 4.52 Å². The molecule has 1 saturated heterocycles. The van der Waals surface area contributed by atoms with Gasteiger partial charge in [-0.05, 0) is 25.0 Å². The van der Waals surface area contributed by atoms with E-state index in [1.807, 2.05) is 6.92 Å². The summed E-state index contributed by atoms with van der Waals surface area (Å²) in [5.41, 5.74) is 0. The standard InChI is InChI=1S/C15H20N4O3S2/c1-2-13-17-14(22-18-13)11-23-15-7-6-12(10-16-15)24(20,21)19-8-4-3-5-9-19/h6-7,10H,2-5,8-9,11H2,1H3. The summed E-state index contributed by atoms with van der Waals surface area (Å²) < 4.78 is 31.8. The number of rotatable bonds is 6. The van der Waals surface area contributed by atoms with Crippen molar-refractivity contribution in [2.75, 3.05) is 13.1 Å². The highest BCUT2D eigenvalue weighted by molar-refractivity contribution is 7.98. The topological polar surface area (TPSA) is 89.2 Å². The summed E-state index contributed by atoms with van der Waals surface area (Å²) in [5, 5.41) is 4.57. The van der Waals surface area contributed by atoms with Gasteiger partial charge in [0, 0.05) is 25.7 Å². The third kappa shape index (κ3) is 3.96. The first kappa shape index (κ1) is 17.4. The van der Waals surface area contributed by atoms with Gasteiger partial charge in [-0.1, -0.05) is 30.3 Å². The van der Waals surface area contributed by atoms with Crippen molar-refractivity contribution in [1.82, 2.24) is 19.4 Å². The molecule has 2 aromatic rings. The zero-order valence-electron chi connectivity index (χ0n) is 13.5. The molecule has 0 atom stereocenters. The van der Waals surface area contributed by atoms with Crippen LogP contribution in [0.4, 0.5) is 0 Å². The van der Waals surface area contributed by atoms with Crippen LogP contribution in [-0.2, 0) is 22.2 Å². The van der Waals surface area contributed by atoms with Gasteiger partial charge in [-0.3, -0.25) is 0 Å². The lowest BCUT2D eigenvalue weighted by atomic mass is 10.2. The van der Waals surface area contributed by atoms with Gasteiger partial charge in [0.2, 0.25) is 15.9 Å². The van der Waals surface area contributed by atoms with E-state index in [0.717, 1.165) is 30.7 Å². The molecule has 0 unspecified atom stereocenters.